The van der Waals surface area contributed by atoms with Crippen LogP contribution in [0.4, 0.5) is 5.69 Å². The summed E-state index contributed by atoms with van der Waals surface area (Å²) in [4.78, 5) is 44.1. The number of aryl methyl sites for hydroxylation is 1. The van der Waals surface area contributed by atoms with E-state index in [4.69, 9.17) is 4.74 Å². The van der Waals surface area contributed by atoms with Gasteiger partial charge in [0.1, 0.15) is 0 Å². The first-order valence-corrected chi connectivity index (χ1v) is 11.9. The molecule has 0 unspecified atom stereocenters. The number of benzene rings is 2. The Kier molecular flexibility index (Phi) is 8.52. The molecule has 7 nitrogen and oxygen atoms in total. The molecule has 0 fully saturated rings. The number of nitrogens with one attached hydrogen (secondary N) is 2. The maximum Gasteiger partial charge on any atom is 0.338 e. The van der Waals surface area contributed by atoms with Crippen LogP contribution in [-0.2, 0) is 15.3 Å². The number of H-pyrrole nitrogens is 1. The highest BCUT2D eigenvalue weighted by atomic mass is 32.2. The standard InChI is InChI=1S/C23H23N3O4S2/c1-3-30-22(29)16-6-8-17(9-7-16)24-21(28)14-32-23-25-18(12-20(27)26-23)13-31-19-10-4-15(2)5-11-19/h4-12H,3,13-14H2,1-2H3,(H,24,28)(H,25,26,27). The lowest BCUT2D eigenvalue weighted by Crippen LogP contribution is -2.16. The van der Waals surface area contributed by atoms with Gasteiger partial charge in [-0.2, -0.15) is 0 Å². The molecule has 0 atom stereocenters. The third kappa shape index (κ3) is 7.28. The predicted octanol–water partition coefficient (Wildman–Crippen LogP) is 4.28. The van der Waals surface area contributed by atoms with Gasteiger partial charge in [-0.15, -0.1) is 11.8 Å². The van der Waals surface area contributed by atoms with Crippen molar-refractivity contribution in [2.24, 2.45) is 0 Å². The summed E-state index contributed by atoms with van der Waals surface area (Å²) in [5.74, 6) is -0.0196. The first-order chi connectivity index (χ1) is 15.4. The smallest absolute Gasteiger partial charge is 0.338 e. The fraction of sp³-hybridized carbons (Fsp3) is 0.217. The monoisotopic (exact) mass is 469 g/mol. The molecular weight excluding hydrogens is 446 g/mol. The maximum absolute atomic E-state index is 12.3. The van der Waals surface area contributed by atoms with E-state index in [0.717, 1.165) is 16.7 Å². The minimum atomic E-state index is -0.406. The van der Waals surface area contributed by atoms with E-state index >= 15 is 0 Å². The van der Waals surface area contributed by atoms with E-state index < -0.39 is 5.97 Å². The number of anilines is 1. The van der Waals surface area contributed by atoms with Crippen LogP contribution in [0.1, 0.15) is 28.5 Å². The number of thioether (sulfide) groups is 2. The highest BCUT2D eigenvalue weighted by Gasteiger charge is 2.09. The summed E-state index contributed by atoms with van der Waals surface area (Å²) in [5, 5.41) is 3.15. The van der Waals surface area contributed by atoms with E-state index in [2.05, 4.69) is 15.3 Å². The molecule has 3 rings (SSSR count). The van der Waals surface area contributed by atoms with Gasteiger partial charge in [-0.25, -0.2) is 9.78 Å². The lowest BCUT2D eigenvalue weighted by atomic mass is 10.2. The number of hydrogen-bond acceptors (Lipinski definition) is 7. The number of carbonyl (C=O) groups excluding carboxylic acids is 2. The average molecular weight is 470 g/mol. The Morgan fingerprint density at radius 1 is 1.06 bits per heavy atom. The van der Waals surface area contributed by atoms with Crippen molar-refractivity contribution in [1.82, 2.24) is 9.97 Å². The molecule has 0 aliphatic carbocycles. The van der Waals surface area contributed by atoms with E-state index in [1.165, 1.54) is 11.6 Å². The van der Waals surface area contributed by atoms with E-state index in [9.17, 15) is 14.4 Å². The highest BCUT2D eigenvalue weighted by Crippen LogP contribution is 2.22. The van der Waals surface area contributed by atoms with E-state index in [1.54, 1.807) is 43.0 Å². The van der Waals surface area contributed by atoms with Gasteiger partial charge in [0.15, 0.2) is 5.16 Å². The van der Waals surface area contributed by atoms with Crippen LogP contribution in [-0.4, -0.2) is 34.2 Å². The molecule has 0 spiro atoms. The molecule has 9 heteroatoms. The summed E-state index contributed by atoms with van der Waals surface area (Å²) in [6, 6.07) is 16.1. The zero-order valence-corrected chi connectivity index (χ0v) is 19.3. The van der Waals surface area contributed by atoms with Crippen molar-refractivity contribution < 1.29 is 14.3 Å². The molecule has 3 aromatic rings. The third-order valence-corrected chi connectivity index (χ3v) is 6.12. The number of rotatable bonds is 9. The molecule has 0 saturated heterocycles. The molecule has 32 heavy (non-hydrogen) atoms. The van der Waals surface area contributed by atoms with Crippen LogP contribution in [0.2, 0.25) is 0 Å². The first kappa shape index (κ1) is 23.6. The second-order valence-electron chi connectivity index (χ2n) is 6.78. The molecule has 2 N–H and O–H groups in total. The van der Waals surface area contributed by atoms with Crippen LogP contribution in [0.3, 0.4) is 0 Å². The second kappa shape index (κ2) is 11.5. The Labute approximate surface area is 194 Å². The molecule has 0 bridgehead atoms. The summed E-state index contributed by atoms with van der Waals surface area (Å²) in [6.07, 6.45) is 0. The number of nitrogens with zero attached hydrogens (tertiary/aromatic N) is 1. The van der Waals surface area contributed by atoms with Crippen LogP contribution in [0.5, 0.6) is 0 Å². The van der Waals surface area contributed by atoms with E-state index in [-0.39, 0.29) is 17.2 Å². The molecule has 166 valence electrons. The summed E-state index contributed by atoms with van der Waals surface area (Å²) in [5.41, 5.74) is 2.57. The summed E-state index contributed by atoms with van der Waals surface area (Å²) < 4.78 is 4.94. The highest BCUT2D eigenvalue weighted by molar-refractivity contribution is 7.99. The molecular formula is C23H23N3O4S2. The zero-order chi connectivity index (χ0) is 22.9. The van der Waals surface area contributed by atoms with Crippen LogP contribution < -0.4 is 10.9 Å². The third-order valence-electron chi connectivity index (χ3n) is 4.20. The summed E-state index contributed by atoms with van der Waals surface area (Å²) in [7, 11) is 0. The number of ether oxygens (including phenoxy) is 1. The molecule has 0 aliphatic rings. The number of hydrogen-bond donors (Lipinski definition) is 2. The Hall–Kier alpha value is -3.04. The predicted molar refractivity (Wildman–Crippen MR) is 127 cm³/mol. The first-order valence-electron chi connectivity index (χ1n) is 9.92. The number of aromatic amines is 1. The Bertz CT molecular complexity index is 1130. The topological polar surface area (TPSA) is 101 Å². The number of amides is 1. The van der Waals surface area contributed by atoms with Crippen molar-refractivity contribution in [1.29, 1.82) is 0 Å². The molecule has 0 radical (unpaired) electrons. The minimum absolute atomic E-state index is 0.0805. The van der Waals surface area contributed by atoms with Crippen molar-refractivity contribution in [2.75, 3.05) is 17.7 Å². The van der Waals surface area contributed by atoms with Crippen molar-refractivity contribution >= 4 is 41.1 Å². The molecule has 0 aliphatic heterocycles. The van der Waals surface area contributed by atoms with Crippen LogP contribution in [0.15, 0.2) is 69.4 Å². The molecule has 1 heterocycles. The minimum Gasteiger partial charge on any atom is -0.462 e. The van der Waals surface area contributed by atoms with Crippen molar-refractivity contribution in [3.63, 3.8) is 0 Å². The van der Waals surface area contributed by atoms with E-state index in [1.807, 2.05) is 31.2 Å². The van der Waals surface area contributed by atoms with Gasteiger partial charge < -0.3 is 15.0 Å². The van der Waals surface area contributed by atoms with Crippen LogP contribution >= 0.6 is 23.5 Å². The average Bonchev–Trinajstić information content (AvgIpc) is 2.78. The maximum atomic E-state index is 12.3. The fourth-order valence-corrected chi connectivity index (χ4v) is 4.14. The van der Waals surface area contributed by atoms with Crippen LogP contribution in [0, 0.1) is 6.92 Å². The van der Waals surface area contributed by atoms with Gasteiger partial charge in [0.25, 0.3) is 5.56 Å². The molecule has 2 aromatic carbocycles. The lowest BCUT2D eigenvalue weighted by Gasteiger charge is -2.07. The molecule has 0 saturated carbocycles. The van der Waals surface area contributed by atoms with Crippen molar-refractivity contribution in [3.05, 3.63) is 81.8 Å². The SMILES string of the molecule is CCOC(=O)c1ccc(NC(=O)CSc2nc(CSc3ccc(C)cc3)cc(=O)[nH]2)cc1. The van der Waals surface area contributed by atoms with Crippen molar-refractivity contribution in [2.45, 2.75) is 29.7 Å². The van der Waals surface area contributed by atoms with Gasteiger partial charge >= 0.3 is 5.97 Å². The van der Waals surface area contributed by atoms with Crippen molar-refractivity contribution in [3.8, 4) is 0 Å². The van der Waals surface area contributed by atoms with Gasteiger partial charge in [0, 0.05) is 22.4 Å². The summed E-state index contributed by atoms with van der Waals surface area (Å²) >= 11 is 2.75. The Morgan fingerprint density at radius 3 is 2.47 bits per heavy atom. The molecule has 1 aromatic heterocycles. The number of esters is 1. The van der Waals surface area contributed by atoms with Crippen LogP contribution in [0.25, 0.3) is 0 Å². The van der Waals surface area contributed by atoms with Gasteiger partial charge in [0.2, 0.25) is 5.91 Å². The zero-order valence-electron chi connectivity index (χ0n) is 17.7. The quantitative estimate of drug-likeness (QED) is 0.274. The lowest BCUT2D eigenvalue weighted by molar-refractivity contribution is -0.113. The number of carbonyl (C=O) groups is 2. The number of aromatic nitrogens is 2. The van der Waals surface area contributed by atoms with Gasteiger partial charge in [-0.3, -0.25) is 9.59 Å². The van der Waals surface area contributed by atoms with Gasteiger partial charge in [-0.1, -0.05) is 29.5 Å². The Balaban J connectivity index is 1.53. The fourth-order valence-electron chi connectivity index (χ4n) is 2.65. The van der Waals surface area contributed by atoms with Gasteiger partial charge in [0.05, 0.1) is 23.6 Å². The van der Waals surface area contributed by atoms with E-state index in [0.29, 0.717) is 34.5 Å². The normalized spacial score (nSPS) is 10.6. The second-order valence-corrected chi connectivity index (χ2v) is 8.79. The largest absolute Gasteiger partial charge is 0.462 e. The van der Waals surface area contributed by atoms with Gasteiger partial charge in [-0.05, 0) is 50.2 Å². The Morgan fingerprint density at radius 2 is 1.78 bits per heavy atom. The summed E-state index contributed by atoms with van der Waals surface area (Å²) in [6.45, 7) is 4.08. The molecule has 1 amide bonds.